The Kier molecular flexibility index (Phi) is 6.98. The molecule has 6 nitrogen and oxygen atoms in total. The highest BCUT2D eigenvalue weighted by Gasteiger charge is 2.22. The number of nitrogens with one attached hydrogen (secondary N) is 1. The monoisotopic (exact) mass is 390 g/mol. The quantitative estimate of drug-likeness (QED) is 0.750. The van der Waals surface area contributed by atoms with Crippen molar-refractivity contribution in [3.63, 3.8) is 0 Å². The molecule has 0 heterocycles. The van der Waals surface area contributed by atoms with Crippen LogP contribution in [0.15, 0.2) is 53.4 Å². The number of ether oxygens (including phenoxy) is 1. The average molecular weight is 391 g/mol. The molecule has 0 radical (unpaired) electrons. The molecule has 0 aliphatic rings. The highest BCUT2D eigenvalue weighted by Crippen LogP contribution is 2.19. The molecule has 0 aliphatic carbocycles. The summed E-state index contributed by atoms with van der Waals surface area (Å²) in [7, 11) is -2.00. The lowest BCUT2D eigenvalue weighted by Gasteiger charge is -2.21. The maximum Gasteiger partial charge on any atom is 0.262 e. The van der Waals surface area contributed by atoms with Crippen LogP contribution in [-0.4, -0.2) is 38.3 Å². The topological polar surface area (TPSA) is 75.7 Å². The summed E-state index contributed by atoms with van der Waals surface area (Å²) in [5.41, 5.74) is 1.71. The van der Waals surface area contributed by atoms with E-state index in [1.807, 2.05) is 38.1 Å². The van der Waals surface area contributed by atoms with Gasteiger partial charge in [-0.15, -0.1) is 0 Å². The predicted molar refractivity (Wildman–Crippen MR) is 106 cm³/mol. The summed E-state index contributed by atoms with van der Waals surface area (Å²) in [6, 6.07) is 13.5. The smallest absolute Gasteiger partial charge is 0.262 e. The molecule has 0 spiro atoms. The third-order valence-electron chi connectivity index (χ3n) is 4.24. The van der Waals surface area contributed by atoms with E-state index in [0.29, 0.717) is 11.4 Å². The van der Waals surface area contributed by atoms with Crippen LogP contribution in [0.5, 0.6) is 5.75 Å². The van der Waals surface area contributed by atoms with E-state index in [2.05, 4.69) is 12.2 Å². The molecule has 0 unspecified atom stereocenters. The van der Waals surface area contributed by atoms with Crippen LogP contribution in [0.2, 0.25) is 0 Å². The molecule has 2 rings (SSSR count). The molecule has 0 fully saturated rings. The zero-order chi connectivity index (χ0) is 20.0. The summed E-state index contributed by atoms with van der Waals surface area (Å²) in [5.74, 6) is 0.310. The van der Waals surface area contributed by atoms with Gasteiger partial charge in [-0.25, -0.2) is 8.42 Å². The van der Waals surface area contributed by atoms with Gasteiger partial charge in [-0.05, 0) is 62.2 Å². The Morgan fingerprint density at radius 2 is 1.67 bits per heavy atom. The molecule has 0 aliphatic heterocycles. The maximum atomic E-state index is 12.4. The number of rotatable bonds is 8. The van der Waals surface area contributed by atoms with Crippen LogP contribution >= 0.6 is 0 Å². The third-order valence-corrected chi connectivity index (χ3v) is 6.29. The summed E-state index contributed by atoms with van der Waals surface area (Å²) < 4.78 is 31.6. The van der Waals surface area contributed by atoms with Gasteiger partial charge in [0.2, 0.25) is 10.0 Å². The van der Waals surface area contributed by atoms with E-state index in [1.165, 1.54) is 22.0 Å². The Morgan fingerprint density at radius 3 is 2.19 bits per heavy atom. The van der Waals surface area contributed by atoms with Gasteiger partial charge < -0.3 is 10.1 Å². The molecule has 2 aromatic carbocycles. The molecule has 0 atom stereocenters. The van der Waals surface area contributed by atoms with Crippen LogP contribution in [0, 0.1) is 0 Å². The first-order chi connectivity index (χ1) is 12.7. The summed E-state index contributed by atoms with van der Waals surface area (Å²) in [6.45, 7) is 5.56. The number of carbonyl (C=O) groups is 1. The van der Waals surface area contributed by atoms with E-state index in [1.54, 1.807) is 19.2 Å². The first-order valence-corrected chi connectivity index (χ1v) is 10.3. The second-order valence-corrected chi connectivity index (χ2v) is 8.47. The molecule has 7 heteroatoms. The highest BCUT2D eigenvalue weighted by atomic mass is 32.2. The number of hydrogen-bond donors (Lipinski definition) is 1. The number of amides is 1. The van der Waals surface area contributed by atoms with Crippen LogP contribution in [0.25, 0.3) is 0 Å². The van der Waals surface area contributed by atoms with Gasteiger partial charge in [-0.1, -0.05) is 19.1 Å². The Labute approximate surface area is 161 Å². The SMILES string of the molecule is CCc1ccc(OCC(=O)Nc2ccc(S(=O)(=O)N(C)C(C)C)cc2)cc1. The minimum absolute atomic E-state index is 0.123. The van der Waals surface area contributed by atoms with Gasteiger partial charge in [-0.2, -0.15) is 4.31 Å². The molecule has 0 bridgehead atoms. The van der Waals surface area contributed by atoms with E-state index in [-0.39, 0.29) is 23.5 Å². The maximum absolute atomic E-state index is 12.4. The Morgan fingerprint density at radius 1 is 1.07 bits per heavy atom. The fraction of sp³-hybridized carbons (Fsp3) is 0.350. The van der Waals surface area contributed by atoms with Crippen LogP contribution in [0.1, 0.15) is 26.3 Å². The lowest BCUT2D eigenvalue weighted by atomic mass is 10.2. The standard InChI is InChI=1S/C20H26N2O4S/c1-5-16-6-10-18(11-7-16)26-14-20(23)21-17-8-12-19(13-9-17)27(24,25)22(4)15(2)3/h6-13,15H,5,14H2,1-4H3,(H,21,23). The Bertz CT molecular complexity index is 860. The van der Waals surface area contributed by atoms with Gasteiger partial charge in [0.15, 0.2) is 6.61 Å². The molecule has 0 aromatic heterocycles. The summed E-state index contributed by atoms with van der Waals surface area (Å²) in [6.07, 6.45) is 0.944. The fourth-order valence-electron chi connectivity index (χ4n) is 2.32. The van der Waals surface area contributed by atoms with Gasteiger partial charge >= 0.3 is 0 Å². The molecule has 0 saturated carbocycles. The summed E-state index contributed by atoms with van der Waals surface area (Å²) in [4.78, 5) is 12.2. The number of hydrogen-bond acceptors (Lipinski definition) is 4. The minimum atomic E-state index is -3.54. The first kappa shape index (κ1) is 20.9. The number of nitrogens with zero attached hydrogens (tertiary/aromatic N) is 1. The molecule has 1 amide bonds. The van der Waals surface area contributed by atoms with Gasteiger partial charge in [0.25, 0.3) is 5.91 Å². The van der Waals surface area contributed by atoms with Crippen molar-refractivity contribution in [2.75, 3.05) is 19.0 Å². The van der Waals surface area contributed by atoms with Crippen LogP contribution in [0.3, 0.4) is 0 Å². The first-order valence-electron chi connectivity index (χ1n) is 8.83. The molecular weight excluding hydrogens is 364 g/mol. The van der Waals surface area contributed by atoms with Crippen molar-refractivity contribution in [3.05, 3.63) is 54.1 Å². The van der Waals surface area contributed by atoms with Crippen molar-refractivity contribution in [1.82, 2.24) is 4.31 Å². The molecule has 146 valence electrons. The van der Waals surface area contributed by atoms with E-state index in [4.69, 9.17) is 4.74 Å². The number of aryl methyl sites for hydroxylation is 1. The van der Waals surface area contributed by atoms with E-state index < -0.39 is 10.0 Å². The van der Waals surface area contributed by atoms with E-state index in [9.17, 15) is 13.2 Å². The largest absolute Gasteiger partial charge is 0.484 e. The van der Waals surface area contributed by atoms with Crippen molar-refractivity contribution in [1.29, 1.82) is 0 Å². The van der Waals surface area contributed by atoms with Crippen LogP contribution in [-0.2, 0) is 21.2 Å². The average Bonchev–Trinajstić information content (AvgIpc) is 2.66. The lowest BCUT2D eigenvalue weighted by molar-refractivity contribution is -0.118. The van der Waals surface area contributed by atoms with Crippen molar-refractivity contribution in [3.8, 4) is 5.75 Å². The van der Waals surface area contributed by atoms with Crippen molar-refractivity contribution < 1.29 is 17.9 Å². The number of benzene rings is 2. The second kappa shape index (κ2) is 9.01. The molecule has 1 N–H and O–H groups in total. The van der Waals surface area contributed by atoms with Gasteiger partial charge in [0, 0.05) is 18.8 Å². The second-order valence-electron chi connectivity index (χ2n) is 6.47. The molecular formula is C20H26N2O4S. The number of sulfonamides is 1. The van der Waals surface area contributed by atoms with Crippen molar-refractivity contribution >= 4 is 21.6 Å². The van der Waals surface area contributed by atoms with Gasteiger partial charge in [0.05, 0.1) is 4.90 Å². The van der Waals surface area contributed by atoms with Gasteiger partial charge in [0.1, 0.15) is 5.75 Å². The Balaban J connectivity index is 1.94. The lowest BCUT2D eigenvalue weighted by Crippen LogP contribution is -2.33. The third kappa shape index (κ3) is 5.55. The zero-order valence-electron chi connectivity index (χ0n) is 16.1. The van der Waals surface area contributed by atoms with Crippen molar-refractivity contribution in [2.45, 2.75) is 38.1 Å². The predicted octanol–water partition coefficient (Wildman–Crippen LogP) is 3.30. The van der Waals surface area contributed by atoms with Crippen LogP contribution in [0.4, 0.5) is 5.69 Å². The summed E-state index contributed by atoms with van der Waals surface area (Å²) >= 11 is 0. The summed E-state index contributed by atoms with van der Waals surface area (Å²) in [5, 5.41) is 2.69. The minimum Gasteiger partial charge on any atom is -0.484 e. The molecule has 2 aromatic rings. The van der Waals surface area contributed by atoms with Crippen molar-refractivity contribution in [2.24, 2.45) is 0 Å². The molecule has 0 saturated heterocycles. The highest BCUT2D eigenvalue weighted by molar-refractivity contribution is 7.89. The van der Waals surface area contributed by atoms with Crippen LogP contribution < -0.4 is 10.1 Å². The number of anilines is 1. The zero-order valence-corrected chi connectivity index (χ0v) is 16.9. The molecule has 27 heavy (non-hydrogen) atoms. The van der Waals surface area contributed by atoms with E-state index >= 15 is 0 Å². The van der Waals surface area contributed by atoms with E-state index in [0.717, 1.165) is 6.42 Å². The fourth-order valence-corrected chi connectivity index (χ4v) is 3.69. The Hall–Kier alpha value is -2.38. The van der Waals surface area contributed by atoms with Gasteiger partial charge in [-0.3, -0.25) is 4.79 Å². The normalized spacial score (nSPS) is 11.6. The number of carbonyl (C=O) groups excluding carboxylic acids is 1.